The smallest absolute Gasteiger partial charge is 0.248 e. The van der Waals surface area contributed by atoms with Gasteiger partial charge in [0, 0.05) is 5.69 Å². The molecular formula is C16H17N5O2. The Morgan fingerprint density at radius 1 is 1.30 bits per heavy atom. The minimum Gasteiger partial charge on any atom is -0.461 e. The fraction of sp³-hybridized carbons (Fsp3) is 0.250. The van der Waals surface area contributed by atoms with Crippen LogP contribution in [0.4, 0.5) is 5.69 Å². The Hall–Kier alpha value is -2.96. The van der Waals surface area contributed by atoms with Crippen LogP contribution in [0.1, 0.15) is 25.3 Å². The van der Waals surface area contributed by atoms with E-state index < -0.39 is 0 Å². The summed E-state index contributed by atoms with van der Waals surface area (Å²) in [6.07, 6.45) is 1.53. The van der Waals surface area contributed by atoms with Crippen LogP contribution in [0.5, 0.6) is 0 Å². The lowest BCUT2D eigenvalue weighted by molar-refractivity contribution is -0.117. The summed E-state index contributed by atoms with van der Waals surface area (Å²) < 4.78 is 5.19. The second-order valence-electron chi connectivity index (χ2n) is 5.45. The van der Waals surface area contributed by atoms with Crippen LogP contribution in [0.15, 0.2) is 47.1 Å². The predicted octanol–water partition coefficient (Wildman–Crippen LogP) is 2.70. The van der Waals surface area contributed by atoms with Crippen molar-refractivity contribution in [1.82, 2.24) is 20.2 Å². The Balaban J connectivity index is 1.64. The molecule has 1 amide bonds. The highest BCUT2D eigenvalue weighted by Crippen LogP contribution is 2.18. The number of hydrogen-bond acceptors (Lipinski definition) is 5. The standard InChI is InChI=1S/C16H17N5O2/c1-11(2)12-5-3-6-13(9-12)17-15(22)10-21-19-16(18-20-21)14-7-4-8-23-14/h3-9,11H,10H2,1-2H3,(H,17,22). The van der Waals surface area contributed by atoms with Gasteiger partial charge >= 0.3 is 0 Å². The lowest BCUT2D eigenvalue weighted by atomic mass is 10.0. The van der Waals surface area contributed by atoms with E-state index in [1.165, 1.54) is 16.6 Å². The van der Waals surface area contributed by atoms with Gasteiger partial charge in [-0.25, -0.2) is 0 Å². The van der Waals surface area contributed by atoms with Crippen LogP contribution < -0.4 is 5.32 Å². The summed E-state index contributed by atoms with van der Waals surface area (Å²) >= 11 is 0. The molecule has 0 bridgehead atoms. The number of carbonyl (C=O) groups is 1. The van der Waals surface area contributed by atoms with Crippen molar-refractivity contribution in [1.29, 1.82) is 0 Å². The van der Waals surface area contributed by atoms with Crippen LogP contribution in [0, 0.1) is 0 Å². The first-order valence-corrected chi connectivity index (χ1v) is 7.33. The van der Waals surface area contributed by atoms with Crippen molar-refractivity contribution < 1.29 is 9.21 Å². The number of tetrazole rings is 1. The van der Waals surface area contributed by atoms with E-state index in [9.17, 15) is 4.79 Å². The summed E-state index contributed by atoms with van der Waals surface area (Å²) in [5.41, 5.74) is 1.93. The van der Waals surface area contributed by atoms with Gasteiger partial charge in [0.1, 0.15) is 6.54 Å². The maximum atomic E-state index is 12.1. The minimum atomic E-state index is -0.214. The molecule has 0 aliphatic rings. The first kappa shape index (κ1) is 15.0. The third kappa shape index (κ3) is 3.63. The average Bonchev–Trinajstić information content (AvgIpc) is 3.18. The van der Waals surface area contributed by atoms with Crippen LogP contribution in [0.25, 0.3) is 11.6 Å². The molecule has 3 aromatic rings. The van der Waals surface area contributed by atoms with E-state index in [0.29, 0.717) is 17.5 Å². The van der Waals surface area contributed by atoms with Gasteiger partial charge in [0.25, 0.3) is 0 Å². The summed E-state index contributed by atoms with van der Waals surface area (Å²) in [7, 11) is 0. The van der Waals surface area contributed by atoms with Crippen molar-refractivity contribution in [3.63, 3.8) is 0 Å². The van der Waals surface area contributed by atoms with Gasteiger partial charge in [-0.2, -0.15) is 4.80 Å². The number of furan rings is 1. The Labute approximate surface area is 133 Å². The monoisotopic (exact) mass is 311 g/mol. The number of amides is 1. The molecule has 2 aromatic heterocycles. The molecule has 0 unspecified atom stereocenters. The fourth-order valence-electron chi connectivity index (χ4n) is 2.12. The number of benzene rings is 1. The van der Waals surface area contributed by atoms with Gasteiger partial charge in [-0.1, -0.05) is 26.0 Å². The van der Waals surface area contributed by atoms with E-state index in [4.69, 9.17) is 4.42 Å². The number of nitrogens with one attached hydrogen (secondary N) is 1. The van der Waals surface area contributed by atoms with Crippen LogP contribution >= 0.6 is 0 Å². The highest BCUT2D eigenvalue weighted by Gasteiger charge is 2.11. The summed E-state index contributed by atoms with van der Waals surface area (Å²) in [4.78, 5) is 13.3. The highest BCUT2D eigenvalue weighted by molar-refractivity contribution is 5.90. The maximum absolute atomic E-state index is 12.1. The molecule has 0 aliphatic heterocycles. The zero-order valence-corrected chi connectivity index (χ0v) is 12.9. The van der Waals surface area contributed by atoms with Crippen LogP contribution in [-0.2, 0) is 11.3 Å². The molecule has 7 heteroatoms. The van der Waals surface area contributed by atoms with Gasteiger partial charge in [-0.3, -0.25) is 4.79 Å². The van der Waals surface area contributed by atoms with E-state index in [0.717, 1.165) is 5.69 Å². The zero-order valence-electron chi connectivity index (χ0n) is 12.9. The normalized spacial score (nSPS) is 10.9. The molecule has 0 saturated carbocycles. The molecule has 0 saturated heterocycles. The van der Waals surface area contributed by atoms with Crippen molar-refractivity contribution >= 4 is 11.6 Å². The van der Waals surface area contributed by atoms with Gasteiger partial charge in [-0.05, 0) is 41.0 Å². The van der Waals surface area contributed by atoms with E-state index in [1.54, 1.807) is 12.1 Å². The van der Waals surface area contributed by atoms with Gasteiger partial charge < -0.3 is 9.73 Å². The molecule has 1 aromatic carbocycles. The first-order valence-electron chi connectivity index (χ1n) is 7.33. The first-order chi connectivity index (χ1) is 11.1. The van der Waals surface area contributed by atoms with Crippen molar-refractivity contribution in [3.05, 3.63) is 48.2 Å². The molecule has 7 nitrogen and oxygen atoms in total. The summed E-state index contributed by atoms with van der Waals surface area (Å²) in [6, 6.07) is 11.3. The molecule has 3 rings (SSSR count). The van der Waals surface area contributed by atoms with Gasteiger partial charge in [0.05, 0.1) is 6.26 Å². The zero-order chi connectivity index (χ0) is 16.2. The lowest BCUT2D eigenvalue weighted by Gasteiger charge is -2.09. The molecule has 118 valence electrons. The third-order valence-corrected chi connectivity index (χ3v) is 3.32. The molecule has 0 aliphatic carbocycles. The predicted molar refractivity (Wildman–Crippen MR) is 84.7 cm³/mol. The van der Waals surface area contributed by atoms with Gasteiger partial charge in [-0.15, -0.1) is 10.2 Å². The average molecular weight is 311 g/mol. The molecule has 0 atom stereocenters. The van der Waals surface area contributed by atoms with Gasteiger partial charge in [0.15, 0.2) is 5.76 Å². The molecule has 0 radical (unpaired) electrons. The number of anilines is 1. The van der Waals surface area contributed by atoms with Crippen molar-refractivity contribution in [2.75, 3.05) is 5.32 Å². The SMILES string of the molecule is CC(C)c1cccc(NC(=O)Cn2nnc(-c3ccco3)n2)c1. The minimum absolute atomic E-state index is 0.0143. The van der Waals surface area contributed by atoms with Crippen LogP contribution in [0.2, 0.25) is 0 Å². The number of nitrogens with zero attached hydrogens (tertiary/aromatic N) is 4. The number of aromatic nitrogens is 4. The number of carbonyl (C=O) groups excluding carboxylic acids is 1. The van der Waals surface area contributed by atoms with E-state index in [1.807, 2.05) is 24.3 Å². The largest absolute Gasteiger partial charge is 0.461 e. The Morgan fingerprint density at radius 2 is 2.17 bits per heavy atom. The quantitative estimate of drug-likeness (QED) is 0.783. The maximum Gasteiger partial charge on any atom is 0.248 e. The number of rotatable bonds is 5. The van der Waals surface area contributed by atoms with Crippen molar-refractivity contribution in [2.45, 2.75) is 26.3 Å². The topological polar surface area (TPSA) is 85.8 Å². The number of hydrogen-bond donors (Lipinski definition) is 1. The van der Waals surface area contributed by atoms with E-state index in [2.05, 4.69) is 34.6 Å². The molecule has 23 heavy (non-hydrogen) atoms. The third-order valence-electron chi connectivity index (χ3n) is 3.32. The lowest BCUT2D eigenvalue weighted by Crippen LogP contribution is -2.20. The Morgan fingerprint density at radius 3 is 2.91 bits per heavy atom. The fourth-order valence-corrected chi connectivity index (χ4v) is 2.12. The molecule has 1 N–H and O–H groups in total. The summed E-state index contributed by atoms with van der Waals surface area (Å²) in [5, 5.41) is 14.7. The molecule has 0 fully saturated rings. The molecule has 2 heterocycles. The van der Waals surface area contributed by atoms with E-state index in [-0.39, 0.29) is 12.5 Å². The Kier molecular flexibility index (Phi) is 4.18. The highest BCUT2D eigenvalue weighted by atomic mass is 16.3. The Bertz CT molecular complexity index is 792. The van der Waals surface area contributed by atoms with Crippen LogP contribution in [-0.4, -0.2) is 26.1 Å². The molecule has 0 spiro atoms. The van der Waals surface area contributed by atoms with E-state index >= 15 is 0 Å². The van der Waals surface area contributed by atoms with Crippen molar-refractivity contribution in [3.8, 4) is 11.6 Å². The van der Waals surface area contributed by atoms with Crippen LogP contribution in [0.3, 0.4) is 0 Å². The summed E-state index contributed by atoms with van der Waals surface area (Å²) in [5.74, 6) is 1.06. The second kappa shape index (κ2) is 6.43. The second-order valence-corrected chi connectivity index (χ2v) is 5.45. The summed E-state index contributed by atoms with van der Waals surface area (Å²) in [6.45, 7) is 4.20. The van der Waals surface area contributed by atoms with Gasteiger partial charge in [0.2, 0.25) is 11.7 Å². The van der Waals surface area contributed by atoms with Crippen molar-refractivity contribution in [2.24, 2.45) is 0 Å². The molecular weight excluding hydrogens is 294 g/mol.